The van der Waals surface area contributed by atoms with Crippen LogP contribution in [0.25, 0.3) is 21.3 Å². The maximum Gasteiger partial charge on any atom is 0.0976 e. The normalized spacial score (nSPS) is 12.2. The lowest BCUT2D eigenvalue weighted by atomic mass is 10.0. The summed E-state index contributed by atoms with van der Waals surface area (Å²) in [7, 11) is 0. The van der Waals surface area contributed by atoms with Gasteiger partial charge in [-0.1, -0.05) is 47.3 Å². The number of benzene rings is 1. The van der Waals surface area contributed by atoms with Gasteiger partial charge >= 0.3 is 0 Å². The van der Waals surface area contributed by atoms with Gasteiger partial charge in [-0.2, -0.15) is 0 Å². The van der Waals surface area contributed by atoms with Gasteiger partial charge in [-0.3, -0.25) is 0 Å². The van der Waals surface area contributed by atoms with E-state index in [2.05, 4.69) is 39.1 Å². The van der Waals surface area contributed by atoms with Gasteiger partial charge in [-0.25, -0.2) is 9.97 Å². The molecule has 106 valence electrons. The van der Waals surface area contributed by atoms with E-state index in [9.17, 15) is 10.2 Å². The van der Waals surface area contributed by atoms with Crippen molar-refractivity contribution in [2.45, 2.75) is 13.2 Å². The van der Waals surface area contributed by atoms with E-state index in [1.165, 1.54) is 0 Å². The molecule has 2 N–H and O–H groups in total. The lowest BCUT2D eigenvalue weighted by molar-refractivity contribution is 0.251. The minimum absolute atomic E-state index is 0.261. The topological polar surface area (TPSA) is 66.2 Å². The predicted octanol–water partition coefficient (Wildman–Crippen LogP) is 2.87. The monoisotopic (exact) mass is 344 g/mol. The Bertz CT molecular complexity index is 784. The summed E-state index contributed by atoms with van der Waals surface area (Å²) in [5.74, 6) is 0. The summed E-state index contributed by atoms with van der Waals surface area (Å²) in [5, 5.41) is 18.7. The second-order valence-corrected chi connectivity index (χ2v) is 5.70. The van der Waals surface area contributed by atoms with E-state index < -0.39 is 0 Å². The molecule has 1 heterocycles. The van der Waals surface area contributed by atoms with E-state index in [1.54, 1.807) is 0 Å². The Morgan fingerprint density at radius 3 is 2.29 bits per heavy atom. The van der Waals surface area contributed by atoms with Crippen molar-refractivity contribution in [1.82, 2.24) is 9.97 Å². The number of hydrogen-bond donors (Lipinski definition) is 2. The molecular formula is C16H13BrN2O2. The fourth-order valence-electron chi connectivity index (χ4n) is 2.58. The molecule has 0 saturated carbocycles. The van der Waals surface area contributed by atoms with E-state index in [-0.39, 0.29) is 13.2 Å². The first-order valence-electron chi connectivity index (χ1n) is 6.37. The highest BCUT2D eigenvalue weighted by molar-refractivity contribution is 9.15. The molecule has 0 spiro atoms. The summed E-state index contributed by atoms with van der Waals surface area (Å²) < 4.78 is 0.762. The minimum Gasteiger partial charge on any atom is -0.390 e. The van der Waals surface area contributed by atoms with Crippen molar-refractivity contribution in [1.29, 1.82) is 0 Å². The molecule has 3 rings (SSSR count). The third-order valence-corrected chi connectivity index (χ3v) is 3.98. The van der Waals surface area contributed by atoms with Crippen molar-refractivity contribution in [3.05, 3.63) is 59.6 Å². The number of halogens is 1. The third kappa shape index (κ3) is 2.05. The SMILES string of the molecule is C=C(Br)c1cccc2c1C(=C)c1nc(CO)c(CO)nc1-2. The molecule has 0 radical (unpaired) electrons. The summed E-state index contributed by atoms with van der Waals surface area (Å²) in [5.41, 5.74) is 5.65. The first kappa shape index (κ1) is 14.1. The molecule has 0 amide bonds. The lowest BCUT2D eigenvalue weighted by Gasteiger charge is -2.07. The number of aliphatic hydroxyl groups excluding tert-OH is 2. The zero-order valence-corrected chi connectivity index (χ0v) is 12.8. The van der Waals surface area contributed by atoms with Crippen molar-refractivity contribution in [2.24, 2.45) is 0 Å². The third-order valence-electron chi connectivity index (χ3n) is 3.55. The average molecular weight is 345 g/mol. The second kappa shape index (κ2) is 5.18. The van der Waals surface area contributed by atoms with Crippen LogP contribution in [0.4, 0.5) is 0 Å². The zero-order chi connectivity index (χ0) is 15.1. The summed E-state index contributed by atoms with van der Waals surface area (Å²) in [6.45, 7) is 7.50. The fraction of sp³-hybridized carbons (Fsp3) is 0.125. The molecule has 0 aliphatic heterocycles. The Morgan fingerprint density at radius 1 is 1.10 bits per heavy atom. The van der Waals surface area contributed by atoms with Crippen LogP contribution in [-0.2, 0) is 13.2 Å². The molecule has 1 aliphatic carbocycles. The van der Waals surface area contributed by atoms with Crippen LogP contribution >= 0.6 is 15.9 Å². The molecule has 5 heteroatoms. The van der Waals surface area contributed by atoms with E-state index in [1.807, 2.05) is 18.2 Å². The molecule has 0 saturated heterocycles. The molecule has 0 atom stereocenters. The van der Waals surface area contributed by atoms with Crippen molar-refractivity contribution >= 4 is 26.0 Å². The molecule has 1 aromatic carbocycles. The summed E-state index contributed by atoms with van der Waals surface area (Å²) in [6, 6.07) is 5.82. The fourth-order valence-corrected chi connectivity index (χ4v) is 2.91. The van der Waals surface area contributed by atoms with Gasteiger partial charge in [-0.05, 0) is 5.56 Å². The lowest BCUT2D eigenvalue weighted by Crippen LogP contribution is -2.04. The van der Waals surface area contributed by atoms with E-state index in [4.69, 9.17) is 0 Å². The van der Waals surface area contributed by atoms with Crippen LogP contribution in [0.5, 0.6) is 0 Å². The van der Waals surface area contributed by atoms with Gasteiger partial charge in [0.05, 0.1) is 36.0 Å². The molecule has 4 nitrogen and oxygen atoms in total. The van der Waals surface area contributed by atoms with Crippen LogP contribution in [-0.4, -0.2) is 20.2 Å². The van der Waals surface area contributed by atoms with Crippen LogP contribution in [0.1, 0.15) is 28.2 Å². The summed E-state index contributed by atoms with van der Waals surface area (Å²) in [6.07, 6.45) is 0. The maximum atomic E-state index is 9.38. The summed E-state index contributed by atoms with van der Waals surface area (Å²) in [4.78, 5) is 8.88. The molecule has 0 unspecified atom stereocenters. The highest BCUT2D eigenvalue weighted by Crippen LogP contribution is 2.45. The van der Waals surface area contributed by atoms with Gasteiger partial charge in [0, 0.05) is 21.2 Å². The largest absolute Gasteiger partial charge is 0.390 e. The Hall–Kier alpha value is -1.82. The van der Waals surface area contributed by atoms with Gasteiger partial charge < -0.3 is 10.2 Å². The first-order chi connectivity index (χ1) is 10.1. The molecule has 0 fully saturated rings. The molecule has 1 aromatic heterocycles. The molecule has 21 heavy (non-hydrogen) atoms. The molecular weight excluding hydrogens is 332 g/mol. The van der Waals surface area contributed by atoms with Crippen LogP contribution in [0.2, 0.25) is 0 Å². The first-order valence-corrected chi connectivity index (χ1v) is 7.17. The molecule has 1 aliphatic rings. The van der Waals surface area contributed by atoms with Gasteiger partial charge in [0.2, 0.25) is 0 Å². The summed E-state index contributed by atoms with van der Waals surface area (Å²) >= 11 is 3.41. The van der Waals surface area contributed by atoms with Crippen molar-refractivity contribution < 1.29 is 10.2 Å². The highest BCUT2D eigenvalue weighted by Gasteiger charge is 2.29. The number of rotatable bonds is 3. The van der Waals surface area contributed by atoms with Gasteiger partial charge in [0.1, 0.15) is 0 Å². The van der Waals surface area contributed by atoms with Crippen LogP contribution < -0.4 is 0 Å². The van der Waals surface area contributed by atoms with Crippen molar-refractivity contribution in [3.63, 3.8) is 0 Å². The van der Waals surface area contributed by atoms with Crippen LogP contribution in [0.15, 0.2) is 31.4 Å². The van der Waals surface area contributed by atoms with Crippen LogP contribution in [0, 0.1) is 0 Å². The molecule has 2 aromatic rings. The number of aromatic nitrogens is 2. The van der Waals surface area contributed by atoms with E-state index >= 15 is 0 Å². The smallest absolute Gasteiger partial charge is 0.0976 e. The van der Waals surface area contributed by atoms with E-state index in [0.29, 0.717) is 22.8 Å². The molecule has 0 bridgehead atoms. The zero-order valence-electron chi connectivity index (χ0n) is 11.2. The Labute approximate surface area is 130 Å². The van der Waals surface area contributed by atoms with E-state index in [0.717, 1.165) is 26.7 Å². The van der Waals surface area contributed by atoms with Gasteiger partial charge in [0.15, 0.2) is 0 Å². The van der Waals surface area contributed by atoms with Crippen molar-refractivity contribution in [3.8, 4) is 11.3 Å². The quantitative estimate of drug-likeness (QED) is 0.766. The number of hydrogen-bond acceptors (Lipinski definition) is 4. The average Bonchev–Trinajstić information content (AvgIpc) is 2.78. The highest BCUT2D eigenvalue weighted by atomic mass is 79.9. The van der Waals surface area contributed by atoms with Gasteiger partial charge in [0.25, 0.3) is 0 Å². The number of aliphatic hydroxyl groups is 2. The Balaban J connectivity index is 2.31. The van der Waals surface area contributed by atoms with Crippen molar-refractivity contribution in [2.75, 3.05) is 0 Å². The van der Waals surface area contributed by atoms with Crippen LogP contribution in [0.3, 0.4) is 0 Å². The predicted molar refractivity (Wildman–Crippen MR) is 85.4 cm³/mol. The standard InChI is InChI=1S/C16H13BrN2O2/c1-8-14-10(9(2)17)4-3-5-11(14)16-15(8)18-12(6-20)13(7-21)19-16/h3-5,20-21H,1-2,6-7H2. The minimum atomic E-state index is -0.266. The maximum absolute atomic E-state index is 9.38. The number of fused-ring (bicyclic) bond motifs is 3. The number of nitrogens with zero attached hydrogens (tertiary/aromatic N) is 2. The van der Waals surface area contributed by atoms with Gasteiger partial charge in [-0.15, -0.1) is 0 Å². The Morgan fingerprint density at radius 2 is 1.71 bits per heavy atom. The Kier molecular flexibility index (Phi) is 3.49. The second-order valence-electron chi connectivity index (χ2n) is 4.74.